The number of benzene rings is 2. The van der Waals surface area contributed by atoms with Crippen LogP contribution in [0.5, 0.6) is 5.75 Å². The molecule has 0 spiro atoms. The Morgan fingerprint density at radius 2 is 1.79 bits per heavy atom. The van der Waals surface area contributed by atoms with Crippen LogP contribution < -0.4 is 10.1 Å². The lowest BCUT2D eigenvalue weighted by Crippen LogP contribution is -2.20. The number of hydrogen-bond donors (Lipinski definition) is 1. The van der Waals surface area contributed by atoms with E-state index in [0.29, 0.717) is 16.3 Å². The molecular formula is C18H16ClN3O5S. The Morgan fingerprint density at radius 3 is 2.43 bits per heavy atom. The van der Waals surface area contributed by atoms with Crippen molar-refractivity contribution in [2.24, 2.45) is 0 Å². The molecule has 0 aliphatic rings. The molecule has 1 amide bonds. The minimum atomic E-state index is -3.28. The molecule has 1 heterocycles. The Balaban J connectivity index is 1.60. The van der Waals surface area contributed by atoms with E-state index in [1.165, 1.54) is 12.1 Å². The summed E-state index contributed by atoms with van der Waals surface area (Å²) in [6, 6.07) is 12.5. The van der Waals surface area contributed by atoms with Gasteiger partial charge in [-0.05, 0) is 48.5 Å². The van der Waals surface area contributed by atoms with Crippen LogP contribution in [0.2, 0.25) is 5.02 Å². The van der Waals surface area contributed by atoms with E-state index in [2.05, 4.69) is 15.5 Å². The molecule has 1 N–H and O–H groups in total. The molecule has 3 rings (SSSR count). The van der Waals surface area contributed by atoms with Crippen LogP contribution in [-0.2, 0) is 14.6 Å². The standard InChI is InChI=1S/C18H16ClN3O5S/c1-2-28(24,25)15-9-3-12(4-10-15)17-21-22-18(27-17)20-16(23)11-26-14-7-5-13(19)6-8-14/h3-10H,2,11H2,1H3,(H,20,22,23). The molecule has 0 saturated carbocycles. The number of anilines is 1. The second kappa shape index (κ2) is 8.41. The summed E-state index contributed by atoms with van der Waals surface area (Å²) in [5.74, 6) is 0.179. The number of ether oxygens (including phenoxy) is 1. The third-order valence-corrected chi connectivity index (χ3v) is 5.70. The molecule has 0 bridgehead atoms. The molecule has 0 aliphatic carbocycles. The number of halogens is 1. The minimum absolute atomic E-state index is 0.0151. The Kier molecular flexibility index (Phi) is 5.96. The number of carbonyl (C=O) groups is 1. The number of carbonyl (C=O) groups excluding carboxylic acids is 1. The van der Waals surface area contributed by atoms with Crippen molar-refractivity contribution in [1.82, 2.24) is 10.2 Å². The first-order chi connectivity index (χ1) is 13.4. The van der Waals surface area contributed by atoms with Crippen molar-refractivity contribution < 1.29 is 22.4 Å². The van der Waals surface area contributed by atoms with Crippen LogP contribution in [0.4, 0.5) is 6.01 Å². The zero-order valence-corrected chi connectivity index (χ0v) is 16.3. The second-order valence-electron chi connectivity index (χ2n) is 5.63. The van der Waals surface area contributed by atoms with E-state index < -0.39 is 15.7 Å². The van der Waals surface area contributed by atoms with Crippen molar-refractivity contribution in [3.63, 3.8) is 0 Å². The van der Waals surface area contributed by atoms with Gasteiger partial charge in [-0.1, -0.05) is 23.6 Å². The van der Waals surface area contributed by atoms with Crippen LogP contribution in [0.25, 0.3) is 11.5 Å². The number of sulfone groups is 1. The Hall–Kier alpha value is -2.91. The van der Waals surface area contributed by atoms with Gasteiger partial charge in [0.15, 0.2) is 16.4 Å². The van der Waals surface area contributed by atoms with Crippen LogP contribution in [0.15, 0.2) is 57.8 Å². The fourth-order valence-electron chi connectivity index (χ4n) is 2.20. The van der Waals surface area contributed by atoms with E-state index in [9.17, 15) is 13.2 Å². The quantitative estimate of drug-likeness (QED) is 0.623. The predicted molar refractivity (Wildman–Crippen MR) is 103 cm³/mol. The predicted octanol–water partition coefficient (Wildman–Crippen LogP) is 3.20. The Bertz CT molecular complexity index is 1060. The molecular weight excluding hydrogens is 406 g/mol. The summed E-state index contributed by atoms with van der Waals surface area (Å²) >= 11 is 5.78. The Labute approximate surface area is 166 Å². The molecule has 0 saturated heterocycles. The first-order valence-electron chi connectivity index (χ1n) is 8.22. The fourth-order valence-corrected chi connectivity index (χ4v) is 3.21. The SMILES string of the molecule is CCS(=O)(=O)c1ccc(-c2nnc(NC(=O)COc3ccc(Cl)cc3)o2)cc1. The van der Waals surface area contributed by atoms with Crippen LogP contribution in [0.1, 0.15) is 6.92 Å². The number of rotatable bonds is 7. The molecule has 0 fully saturated rings. The lowest BCUT2D eigenvalue weighted by molar-refractivity contribution is -0.118. The van der Waals surface area contributed by atoms with Gasteiger partial charge in [0.1, 0.15) is 5.75 Å². The first-order valence-corrected chi connectivity index (χ1v) is 10.3. The monoisotopic (exact) mass is 421 g/mol. The van der Waals surface area contributed by atoms with Crippen LogP contribution in [-0.4, -0.2) is 36.9 Å². The topological polar surface area (TPSA) is 111 Å². The van der Waals surface area contributed by atoms with Crippen molar-refractivity contribution in [2.45, 2.75) is 11.8 Å². The van der Waals surface area contributed by atoms with Crippen molar-refractivity contribution in [2.75, 3.05) is 17.7 Å². The lowest BCUT2D eigenvalue weighted by Gasteiger charge is -2.05. The van der Waals surface area contributed by atoms with Gasteiger partial charge in [0, 0.05) is 10.6 Å². The lowest BCUT2D eigenvalue weighted by atomic mass is 10.2. The number of amides is 1. The van der Waals surface area contributed by atoms with Gasteiger partial charge in [0.05, 0.1) is 10.6 Å². The molecule has 8 nitrogen and oxygen atoms in total. The summed E-state index contributed by atoms with van der Waals surface area (Å²) < 4.78 is 34.4. The van der Waals surface area contributed by atoms with E-state index >= 15 is 0 Å². The number of aromatic nitrogens is 2. The summed E-state index contributed by atoms with van der Waals surface area (Å²) in [6.45, 7) is 1.33. The number of nitrogens with zero attached hydrogens (tertiary/aromatic N) is 2. The van der Waals surface area contributed by atoms with Crippen LogP contribution in [0, 0.1) is 0 Å². The van der Waals surface area contributed by atoms with Gasteiger partial charge in [0.25, 0.3) is 5.91 Å². The summed E-state index contributed by atoms with van der Waals surface area (Å²) in [5.41, 5.74) is 0.528. The summed E-state index contributed by atoms with van der Waals surface area (Å²) in [7, 11) is -3.28. The second-order valence-corrected chi connectivity index (χ2v) is 8.35. The summed E-state index contributed by atoms with van der Waals surface area (Å²) in [5, 5.41) is 10.6. The van der Waals surface area contributed by atoms with Crippen molar-refractivity contribution in [1.29, 1.82) is 0 Å². The molecule has 0 radical (unpaired) electrons. The highest BCUT2D eigenvalue weighted by atomic mass is 35.5. The molecule has 0 aliphatic heterocycles. The van der Waals surface area contributed by atoms with Gasteiger partial charge in [0.2, 0.25) is 5.89 Å². The van der Waals surface area contributed by atoms with Gasteiger partial charge < -0.3 is 9.15 Å². The molecule has 1 aromatic heterocycles. The molecule has 0 atom stereocenters. The highest BCUT2D eigenvalue weighted by molar-refractivity contribution is 7.91. The average molecular weight is 422 g/mol. The average Bonchev–Trinajstić information content (AvgIpc) is 3.16. The van der Waals surface area contributed by atoms with Gasteiger partial charge in [-0.2, -0.15) is 0 Å². The highest BCUT2D eigenvalue weighted by Crippen LogP contribution is 2.22. The molecule has 3 aromatic rings. The third kappa shape index (κ3) is 4.87. The maximum Gasteiger partial charge on any atom is 0.322 e. The maximum atomic E-state index is 11.9. The maximum absolute atomic E-state index is 11.9. The third-order valence-electron chi connectivity index (χ3n) is 3.70. The summed E-state index contributed by atoms with van der Waals surface area (Å²) in [6.07, 6.45) is 0. The number of hydrogen-bond acceptors (Lipinski definition) is 7. The largest absolute Gasteiger partial charge is 0.484 e. The van der Waals surface area contributed by atoms with E-state index in [4.69, 9.17) is 20.8 Å². The first kappa shape index (κ1) is 19.8. The van der Waals surface area contributed by atoms with Gasteiger partial charge in [-0.15, -0.1) is 5.10 Å². The summed E-state index contributed by atoms with van der Waals surface area (Å²) in [4.78, 5) is 12.1. The molecule has 2 aromatic carbocycles. The molecule has 146 valence electrons. The van der Waals surface area contributed by atoms with Gasteiger partial charge in [-0.3, -0.25) is 10.1 Å². The zero-order chi connectivity index (χ0) is 20.1. The van der Waals surface area contributed by atoms with Crippen molar-refractivity contribution >= 4 is 33.4 Å². The van der Waals surface area contributed by atoms with Crippen molar-refractivity contribution in [3.05, 3.63) is 53.6 Å². The van der Waals surface area contributed by atoms with Crippen LogP contribution >= 0.6 is 11.6 Å². The van der Waals surface area contributed by atoms with E-state index in [1.807, 2.05) is 0 Å². The van der Waals surface area contributed by atoms with E-state index in [1.54, 1.807) is 43.3 Å². The van der Waals surface area contributed by atoms with Gasteiger partial charge in [-0.25, -0.2) is 8.42 Å². The minimum Gasteiger partial charge on any atom is -0.484 e. The highest BCUT2D eigenvalue weighted by Gasteiger charge is 2.14. The Morgan fingerprint density at radius 1 is 1.11 bits per heavy atom. The van der Waals surface area contributed by atoms with E-state index in [0.717, 1.165) is 0 Å². The fraction of sp³-hybridized carbons (Fsp3) is 0.167. The molecule has 0 unspecified atom stereocenters. The van der Waals surface area contributed by atoms with Crippen molar-refractivity contribution in [3.8, 4) is 17.2 Å². The molecule has 10 heteroatoms. The zero-order valence-electron chi connectivity index (χ0n) is 14.8. The van der Waals surface area contributed by atoms with Gasteiger partial charge >= 0.3 is 6.01 Å². The van der Waals surface area contributed by atoms with Crippen LogP contribution in [0.3, 0.4) is 0 Å². The smallest absolute Gasteiger partial charge is 0.322 e. The van der Waals surface area contributed by atoms with E-state index in [-0.39, 0.29) is 29.2 Å². The molecule has 28 heavy (non-hydrogen) atoms. The number of nitrogens with one attached hydrogen (secondary N) is 1. The normalized spacial score (nSPS) is 11.2.